The standard InChI is InChI=1S/C13H26N2O.ClH/c1-12(2)10-16-13(3,14-12)8-11-6-5-7-15(4)9-11;/h11,14H,5-10H2,1-4H3;1H. The van der Waals surface area contributed by atoms with Crippen LogP contribution in [0.5, 0.6) is 0 Å². The molecule has 0 aliphatic carbocycles. The summed E-state index contributed by atoms with van der Waals surface area (Å²) in [5, 5.41) is 3.63. The maximum Gasteiger partial charge on any atom is 0.117 e. The van der Waals surface area contributed by atoms with Crippen molar-refractivity contribution in [2.75, 3.05) is 26.7 Å². The number of hydrogen-bond donors (Lipinski definition) is 1. The summed E-state index contributed by atoms with van der Waals surface area (Å²) in [5.74, 6) is 0.783. The van der Waals surface area contributed by atoms with Gasteiger partial charge in [-0.1, -0.05) is 0 Å². The summed E-state index contributed by atoms with van der Waals surface area (Å²) >= 11 is 0. The van der Waals surface area contributed by atoms with Crippen LogP contribution in [0.15, 0.2) is 0 Å². The van der Waals surface area contributed by atoms with E-state index in [1.165, 1.54) is 25.9 Å². The van der Waals surface area contributed by atoms with E-state index in [-0.39, 0.29) is 23.7 Å². The van der Waals surface area contributed by atoms with Gasteiger partial charge in [0.25, 0.3) is 0 Å². The van der Waals surface area contributed by atoms with Crippen LogP contribution in [0.4, 0.5) is 0 Å². The molecule has 2 fully saturated rings. The lowest BCUT2D eigenvalue weighted by Crippen LogP contribution is -2.48. The lowest BCUT2D eigenvalue weighted by atomic mass is 9.90. The zero-order chi connectivity index (χ0) is 11.8. The van der Waals surface area contributed by atoms with Crippen LogP contribution in [0.3, 0.4) is 0 Å². The number of nitrogens with one attached hydrogen (secondary N) is 1. The third-order valence-electron chi connectivity index (χ3n) is 3.75. The normalized spacial score (nSPS) is 37.8. The molecule has 2 unspecified atom stereocenters. The molecular weight excluding hydrogens is 236 g/mol. The van der Waals surface area contributed by atoms with Crippen LogP contribution in [0.2, 0.25) is 0 Å². The molecular formula is C13H27ClN2O. The minimum atomic E-state index is -0.105. The third-order valence-corrected chi connectivity index (χ3v) is 3.75. The lowest BCUT2D eigenvalue weighted by Gasteiger charge is -2.35. The van der Waals surface area contributed by atoms with Crippen molar-refractivity contribution in [1.29, 1.82) is 0 Å². The Labute approximate surface area is 112 Å². The molecule has 2 aliphatic heterocycles. The fraction of sp³-hybridized carbons (Fsp3) is 1.00. The van der Waals surface area contributed by atoms with Gasteiger partial charge in [-0.3, -0.25) is 5.32 Å². The van der Waals surface area contributed by atoms with Crippen LogP contribution in [-0.4, -0.2) is 42.9 Å². The summed E-state index contributed by atoms with van der Waals surface area (Å²) < 4.78 is 5.96. The SMILES string of the molecule is CN1CCCC(CC2(C)NC(C)(C)CO2)C1.Cl. The Morgan fingerprint density at radius 2 is 2.06 bits per heavy atom. The van der Waals surface area contributed by atoms with Crippen molar-refractivity contribution in [3.8, 4) is 0 Å². The van der Waals surface area contributed by atoms with Gasteiger partial charge < -0.3 is 9.64 Å². The third kappa shape index (κ3) is 4.09. The first kappa shape index (κ1) is 15.2. The first-order chi connectivity index (χ1) is 7.39. The number of halogens is 1. The molecule has 1 N–H and O–H groups in total. The summed E-state index contributed by atoms with van der Waals surface area (Å²) in [7, 11) is 2.22. The van der Waals surface area contributed by atoms with Crippen LogP contribution < -0.4 is 5.32 Å². The van der Waals surface area contributed by atoms with Crippen molar-refractivity contribution in [2.45, 2.75) is 51.3 Å². The zero-order valence-corrected chi connectivity index (χ0v) is 12.4. The number of piperidine rings is 1. The van der Waals surface area contributed by atoms with Crippen LogP contribution in [0, 0.1) is 5.92 Å². The van der Waals surface area contributed by atoms with E-state index in [9.17, 15) is 0 Å². The Bertz CT molecular complexity index is 260. The molecule has 2 heterocycles. The van der Waals surface area contributed by atoms with Gasteiger partial charge >= 0.3 is 0 Å². The molecule has 3 nitrogen and oxygen atoms in total. The molecule has 0 amide bonds. The molecule has 102 valence electrons. The monoisotopic (exact) mass is 262 g/mol. The predicted molar refractivity (Wildman–Crippen MR) is 73.7 cm³/mol. The summed E-state index contributed by atoms with van der Waals surface area (Å²) in [4.78, 5) is 2.44. The van der Waals surface area contributed by atoms with Gasteiger partial charge in [0, 0.05) is 12.1 Å². The highest BCUT2D eigenvalue weighted by molar-refractivity contribution is 5.85. The highest BCUT2D eigenvalue weighted by Gasteiger charge is 2.41. The number of hydrogen-bond acceptors (Lipinski definition) is 3. The molecule has 2 rings (SSSR count). The average molecular weight is 263 g/mol. The molecule has 0 aromatic rings. The average Bonchev–Trinajstić information content (AvgIpc) is 2.40. The first-order valence-electron chi connectivity index (χ1n) is 6.50. The van der Waals surface area contributed by atoms with Crippen molar-refractivity contribution in [2.24, 2.45) is 5.92 Å². The summed E-state index contributed by atoms with van der Waals surface area (Å²) in [6, 6.07) is 0. The largest absolute Gasteiger partial charge is 0.359 e. The van der Waals surface area contributed by atoms with Crippen molar-refractivity contribution < 1.29 is 4.74 Å². The maximum atomic E-state index is 5.96. The Morgan fingerprint density at radius 1 is 1.35 bits per heavy atom. The minimum Gasteiger partial charge on any atom is -0.359 e. The first-order valence-corrected chi connectivity index (χ1v) is 6.50. The minimum absolute atomic E-state index is 0. The van der Waals surface area contributed by atoms with E-state index >= 15 is 0 Å². The van der Waals surface area contributed by atoms with Gasteiger partial charge in [0.1, 0.15) is 5.72 Å². The predicted octanol–water partition coefficient (Wildman–Crippen LogP) is 2.25. The van der Waals surface area contributed by atoms with Crippen LogP contribution in [0.25, 0.3) is 0 Å². The second-order valence-corrected chi connectivity index (χ2v) is 6.50. The van der Waals surface area contributed by atoms with E-state index in [4.69, 9.17) is 4.74 Å². The van der Waals surface area contributed by atoms with Gasteiger partial charge in [0.2, 0.25) is 0 Å². The van der Waals surface area contributed by atoms with Gasteiger partial charge in [-0.15, -0.1) is 12.4 Å². The summed E-state index contributed by atoms with van der Waals surface area (Å²) in [5.41, 5.74) is 0.0294. The smallest absolute Gasteiger partial charge is 0.117 e. The lowest BCUT2D eigenvalue weighted by molar-refractivity contribution is -0.0212. The van der Waals surface area contributed by atoms with Crippen molar-refractivity contribution in [3.05, 3.63) is 0 Å². The van der Waals surface area contributed by atoms with Gasteiger partial charge in [0.15, 0.2) is 0 Å². The molecule has 2 atom stereocenters. The highest BCUT2D eigenvalue weighted by Crippen LogP contribution is 2.31. The van der Waals surface area contributed by atoms with Gasteiger partial charge in [-0.2, -0.15) is 0 Å². The number of likely N-dealkylation sites (tertiary alicyclic amines) is 1. The second-order valence-electron chi connectivity index (χ2n) is 6.50. The molecule has 17 heavy (non-hydrogen) atoms. The molecule has 0 spiro atoms. The quantitative estimate of drug-likeness (QED) is 0.826. The summed E-state index contributed by atoms with van der Waals surface area (Å²) in [6.07, 6.45) is 3.83. The Morgan fingerprint density at radius 3 is 2.59 bits per heavy atom. The second kappa shape index (κ2) is 5.43. The fourth-order valence-electron chi connectivity index (χ4n) is 3.23. The molecule has 2 saturated heterocycles. The van der Waals surface area contributed by atoms with Crippen LogP contribution in [0.1, 0.15) is 40.0 Å². The van der Waals surface area contributed by atoms with Crippen LogP contribution in [-0.2, 0) is 4.74 Å². The van der Waals surface area contributed by atoms with E-state index in [0.29, 0.717) is 0 Å². The number of rotatable bonds is 2. The fourth-order valence-corrected chi connectivity index (χ4v) is 3.23. The molecule has 0 saturated carbocycles. The topological polar surface area (TPSA) is 24.5 Å². The summed E-state index contributed by atoms with van der Waals surface area (Å²) in [6.45, 7) is 9.94. The van der Waals surface area contributed by atoms with E-state index < -0.39 is 0 Å². The Balaban J connectivity index is 0.00000144. The Hall–Kier alpha value is 0.170. The van der Waals surface area contributed by atoms with E-state index in [1.807, 2.05) is 0 Å². The molecule has 4 heteroatoms. The van der Waals surface area contributed by atoms with Crippen molar-refractivity contribution >= 4 is 12.4 Å². The van der Waals surface area contributed by atoms with E-state index in [2.05, 4.69) is 38.0 Å². The molecule has 0 bridgehead atoms. The van der Waals surface area contributed by atoms with E-state index in [1.54, 1.807) is 0 Å². The highest BCUT2D eigenvalue weighted by atomic mass is 35.5. The van der Waals surface area contributed by atoms with E-state index in [0.717, 1.165) is 18.9 Å². The van der Waals surface area contributed by atoms with Crippen molar-refractivity contribution in [1.82, 2.24) is 10.2 Å². The van der Waals surface area contributed by atoms with Gasteiger partial charge in [0.05, 0.1) is 6.61 Å². The molecule has 2 aliphatic rings. The number of nitrogens with zero attached hydrogens (tertiary/aromatic N) is 1. The number of ether oxygens (including phenoxy) is 1. The van der Waals surface area contributed by atoms with Crippen LogP contribution >= 0.6 is 12.4 Å². The maximum absolute atomic E-state index is 5.96. The molecule has 0 aromatic carbocycles. The van der Waals surface area contributed by atoms with Gasteiger partial charge in [-0.05, 0) is 59.5 Å². The molecule has 0 radical (unpaired) electrons. The van der Waals surface area contributed by atoms with Crippen molar-refractivity contribution in [3.63, 3.8) is 0 Å². The van der Waals surface area contributed by atoms with Gasteiger partial charge in [-0.25, -0.2) is 0 Å². The molecule has 0 aromatic heterocycles. The zero-order valence-electron chi connectivity index (χ0n) is 11.6. The Kier molecular flexibility index (Phi) is 4.87.